The topological polar surface area (TPSA) is 34.0 Å². The standard InChI is InChI=1S/C26H28N4/c1-18-9-11-22(12-10-18)30-16-23(21-7-5-4-6-8-21)24-25(27-17-28-26(24)30)29-14-19(2)13-20(3)15-29/h4-12,16-17,19-20H,13-15H2,1-3H3/t19-,20-/m1/s1. The summed E-state index contributed by atoms with van der Waals surface area (Å²) in [5.74, 6) is 2.39. The monoisotopic (exact) mass is 396 g/mol. The third-order valence-corrected chi connectivity index (χ3v) is 6.13. The summed E-state index contributed by atoms with van der Waals surface area (Å²) in [5, 5.41) is 1.14. The molecule has 4 aromatic rings. The van der Waals surface area contributed by atoms with Crippen LogP contribution < -0.4 is 4.90 Å². The van der Waals surface area contributed by atoms with Gasteiger partial charge >= 0.3 is 0 Å². The van der Waals surface area contributed by atoms with Gasteiger partial charge in [-0.05, 0) is 42.9 Å². The van der Waals surface area contributed by atoms with Gasteiger partial charge in [0.1, 0.15) is 12.1 Å². The Kier molecular flexibility index (Phi) is 4.78. The minimum Gasteiger partial charge on any atom is -0.355 e. The first kappa shape index (κ1) is 18.9. The van der Waals surface area contributed by atoms with Crippen molar-refractivity contribution in [2.45, 2.75) is 27.2 Å². The Hall–Kier alpha value is -3.14. The average Bonchev–Trinajstić information content (AvgIpc) is 3.14. The second-order valence-electron chi connectivity index (χ2n) is 8.86. The Morgan fingerprint density at radius 1 is 0.867 bits per heavy atom. The van der Waals surface area contributed by atoms with Crippen molar-refractivity contribution in [2.75, 3.05) is 18.0 Å². The van der Waals surface area contributed by atoms with Crippen molar-refractivity contribution in [1.82, 2.24) is 14.5 Å². The summed E-state index contributed by atoms with van der Waals surface area (Å²) in [6.07, 6.45) is 5.22. The van der Waals surface area contributed by atoms with Crippen LogP contribution in [0.2, 0.25) is 0 Å². The fourth-order valence-electron chi connectivity index (χ4n) is 4.86. The maximum atomic E-state index is 4.81. The molecule has 1 fully saturated rings. The molecule has 0 spiro atoms. The van der Waals surface area contributed by atoms with Crippen LogP contribution in [-0.2, 0) is 0 Å². The molecule has 2 atom stereocenters. The average molecular weight is 397 g/mol. The van der Waals surface area contributed by atoms with E-state index in [4.69, 9.17) is 9.97 Å². The smallest absolute Gasteiger partial charge is 0.150 e. The highest BCUT2D eigenvalue weighted by Gasteiger charge is 2.26. The van der Waals surface area contributed by atoms with Gasteiger partial charge in [-0.15, -0.1) is 0 Å². The molecule has 0 unspecified atom stereocenters. The van der Waals surface area contributed by atoms with Gasteiger partial charge in [0.25, 0.3) is 0 Å². The maximum absolute atomic E-state index is 4.81. The number of rotatable bonds is 3. The largest absolute Gasteiger partial charge is 0.355 e. The van der Waals surface area contributed by atoms with E-state index in [-0.39, 0.29) is 0 Å². The second-order valence-corrected chi connectivity index (χ2v) is 8.86. The lowest BCUT2D eigenvalue weighted by molar-refractivity contribution is 0.356. The van der Waals surface area contributed by atoms with Crippen LogP contribution in [0.3, 0.4) is 0 Å². The molecule has 0 aliphatic carbocycles. The van der Waals surface area contributed by atoms with Crippen molar-refractivity contribution in [3.8, 4) is 16.8 Å². The quantitative estimate of drug-likeness (QED) is 0.434. The van der Waals surface area contributed by atoms with E-state index < -0.39 is 0 Å². The van der Waals surface area contributed by atoms with Gasteiger partial charge in [0.05, 0.1) is 5.39 Å². The van der Waals surface area contributed by atoms with Crippen LogP contribution in [0.15, 0.2) is 67.1 Å². The first-order chi connectivity index (χ1) is 14.6. The summed E-state index contributed by atoms with van der Waals surface area (Å²) in [7, 11) is 0. The van der Waals surface area contributed by atoms with Gasteiger partial charge in [0, 0.05) is 30.5 Å². The highest BCUT2D eigenvalue weighted by molar-refractivity contribution is 6.02. The van der Waals surface area contributed by atoms with Crippen LogP contribution in [0, 0.1) is 18.8 Å². The van der Waals surface area contributed by atoms with Gasteiger partial charge < -0.3 is 9.47 Å². The van der Waals surface area contributed by atoms with Crippen molar-refractivity contribution >= 4 is 16.9 Å². The maximum Gasteiger partial charge on any atom is 0.150 e. The number of aryl methyl sites for hydroxylation is 1. The van der Waals surface area contributed by atoms with Crippen molar-refractivity contribution in [2.24, 2.45) is 11.8 Å². The number of anilines is 1. The molecule has 1 aliphatic heterocycles. The van der Waals surface area contributed by atoms with Crippen molar-refractivity contribution in [3.63, 3.8) is 0 Å². The molecule has 152 valence electrons. The second kappa shape index (κ2) is 7.60. The van der Waals surface area contributed by atoms with Crippen molar-refractivity contribution < 1.29 is 0 Å². The number of aromatic nitrogens is 3. The molecule has 0 N–H and O–H groups in total. The molecular formula is C26H28N4. The molecule has 0 amide bonds. The fourth-order valence-corrected chi connectivity index (χ4v) is 4.86. The molecule has 0 radical (unpaired) electrons. The number of nitrogens with zero attached hydrogens (tertiary/aromatic N) is 4. The van der Waals surface area contributed by atoms with Crippen LogP contribution >= 0.6 is 0 Å². The molecule has 4 nitrogen and oxygen atoms in total. The van der Waals surface area contributed by atoms with Crippen LogP contribution in [0.25, 0.3) is 27.8 Å². The summed E-state index contributed by atoms with van der Waals surface area (Å²) in [6, 6.07) is 19.2. The number of hydrogen-bond acceptors (Lipinski definition) is 3. The van der Waals surface area contributed by atoms with Gasteiger partial charge in [-0.25, -0.2) is 9.97 Å². The number of benzene rings is 2. The number of hydrogen-bond donors (Lipinski definition) is 0. The van der Waals surface area contributed by atoms with Crippen molar-refractivity contribution in [3.05, 3.63) is 72.7 Å². The first-order valence-electron chi connectivity index (χ1n) is 10.8. The Bertz CT molecular complexity index is 1150. The van der Waals surface area contributed by atoms with Gasteiger partial charge in [-0.1, -0.05) is 61.9 Å². The molecule has 2 aromatic carbocycles. The first-order valence-corrected chi connectivity index (χ1v) is 10.8. The lowest BCUT2D eigenvalue weighted by atomic mass is 9.91. The Morgan fingerprint density at radius 2 is 1.57 bits per heavy atom. The van der Waals surface area contributed by atoms with Gasteiger partial charge in [0.2, 0.25) is 0 Å². The molecule has 5 rings (SSSR count). The summed E-state index contributed by atoms with van der Waals surface area (Å²) >= 11 is 0. The molecule has 1 aliphatic rings. The van der Waals surface area contributed by atoms with Crippen LogP contribution in [0.1, 0.15) is 25.8 Å². The van der Waals surface area contributed by atoms with Crippen LogP contribution in [0.4, 0.5) is 5.82 Å². The van der Waals surface area contributed by atoms with E-state index in [1.54, 1.807) is 6.33 Å². The molecule has 1 saturated heterocycles. The zero-order valence-corrected chi connectivity index (χ0v) is 17.9. The summed E-state index contributed by atoms with van der Waals surface area (Å²) < 4.78 is 2.21. The highest BCUT2D eigenvalue weighted by Crippen LogP contribution is 2.38. The highest BCUT2D eigenvalue weighted by atomic mass is 15.2. The predicted octanol–water partition coefficient (Wildman–Crippen LogP) is 5.88. The lowest BCUT2D eigenvalue weighted by Gasteiger charge is -2.36. The van der Waals surface area contributed by atoms with E-state index in [9.17, 15) is 0 Å². The van der Waals surface area contributed by atoms with Gasteiger partial charge in [-0.2, -0.15) is 0 Å². The Labute approximate surface area is 178 Å². The van der Waals surface area contributed by atoms with E-state index in [1.165, 1.54) is 23.1 Å². The van der Waals surface area contributed by atoms with E-state index in [2.05, 4.69) is 91.0 Å². The zero-order valence-electron chi connectivity index (χ0n) is 17.9. The minimum atomic E-state index is 0.665. The van der Waals surface area contributed by atoms with Crippen LogP contribution in [-0.4, -0.2) is 27.6 Å². The molecule has 0 saturated carbocycles. The zero-order chi connectivity index (χ0) is 20.7. The predicted molar refractivity (Wildman–Crippen MR) is 124 cm³/mol. The normalized spacial score (nSPS) is 19.4. The third kappa shape index (κ3) is 3.36. The lowest BCUT2D eigenvalue weighted by Crippen LogP contribution is -2.39. The number of piperidine rings is 1. The molecular weight excluding hydrogens is 368 g/mol. The summed E-state index contributed by atoms with van der Waals surface area (Å²) in [6.45, 7) is 8.89. The van der Waals surface area contributed by atoms with Gasteiger partial charge in [0.15, 0.2) is 5.65 Å². The minimum absolute atomic E-state index is 0.665. The van der Waals surface area contributed by atoms with E-state index in [0.29, 0.717) is 11.8 Å². The summed E-state index contributed by atoms with van der Waals surface area (Å²) in [4.78, 5) is 12.0. The molecule has 4 heteroatoms. The Morgan fingerprint density at radius 3 is 2.27 bits per heavy atom. The van der Waals surface area contributed by atoms with E-state index in [1.807, 2.05) is 0 Å². The fraction of sp³-hybridized carbons (Fsp3) is 0.308. The number of fused-ring (bicyclic) bond motifs is 1. The molecule has 30 heavy (non-hydrogen) atoms. The van der Waals surface area contributed by atoms with Crippen LogP contribution in [0.5, 0.6) is 0 Å². The molecule has 3 heterocycles. The van der Waals surface area contributed by atoms with E-state index in [0.717, 1.165) is 35.6 Å². The molecule has 0 bridgehead atoms. The Balaban J connectivity index is 1.75. The van der Waals surface area contributed by atoms with Crippen molar-refractivity contribution in [1.29, 1.82) is 0 Å². The summed E-state index contributed by atoms with van der Waals surface area (Å²) in [5.41, 5.74) is 5.73. The van der Waals surface area contributed by atoms with E-state index >= 15 is 0 Å². The molecule has 2 aromatic heterocycles. The third-order valence-electron chi connectivity index (χ3n) is 6.13. The SMILES string of the molecule is Cc1ccc(-n2cc(-c3ccccc3)c3c(N4C[C@H](C)C[C@@H](C)C4)ncnc32)cc1. The van der Waals surface area contributed by atoms with Gasteiger partial charge in [-0.3, -0.25) is 0 Å².